The summed E-state index contributed by atoms with van der Waals surface area (Å²) in [6.07, 6.45) is 83.9. The molecule has 0 aromatic carbocycles. The number of allylic oxidation sites excluding steroid dienone is 10. The van der Waals surface area contributed by atoms with Crippen molar-refractivity contribution in [3.05, 3.63) is 60.8 Å². The molecule has 0 aromatic heterocycles. The van der Waals surface area contributed by atoms with Gasteiger partial charge < -0.3 is 14.2 Å². The van der Waals surface area contributed by atoms with E-state index >= 15 is 0 Å². The lowest BCUT2D eigenvalue weighted by Crippen LogP contribution is -2.30. The van der Waals surface area contributed by atoms with E-state index in [1.54, 1.807) is 0 Å². The zero-order valence-corrected chi connectivity index (χ0v) is 51.5. The molecule has 0 bridgehead atoms. The zero-order chi connectivity index (χ0) is 55.7. The third-order valence-electron chi connectivity index (χ3n) is 15.0. The van der Waals surface area contributed by atoms with E-state index in [9.17, 15) is 14.4 Å². The molecule has 1 unspecified atom stereocenters. The van der Waals surface area contributed by atoms with E-state index in [-0.39, 0.29) is 31.1 Å². The maximum Gasteiger partial charge on any atom is 0.306 e. The van der Waals surface area contributed by atoms with Crippen LogP contribution in [0.2, 0.25) is 0 Å². The monoisotopic (exact) mass is 1080 g/mol. The predicted octanol–water partition coefficient (Wildman–Crippen LogP) is 23.1. The standard InChI is InChI=1S/C71H128O6/c1-4-7-10-13-16-19-22-24-26-28-29-30-31-32-33-34-35-36-37-38-39-40-41-43-44-46-49-52-55-58-61-64-70(73)76-67-68(66-75-69(72)63-60-57-54-51-48-21-18-15-12-9-6-3)77-71(74)65-62-59-56-53-50-47-45-42-27-25-23-20-17-14-11-8-5-2/h17,20,22,24-25,27-29,31-32,68H,4-16,18-19,21,23,26,30,33-67H2,1-3H3/b20-17-,24-22-,27-25-,29-28-,32-31-. The summed E-state index contributed by atoms with van der Waals surface area (Å²) < 4.78 is 16.9. The van der Waals surface area contributed by atoms with Crippen molar-refractivity contribution in [2.45, 2.75) is 361 Å². The number of hydrogen-bond donors (Lipinski definition) is 0. The lowest BCUT2D eigenvalue weighted by atomic mass is 10.0. The van der Waals surface area contributed by atoms with Crippen LogP contribution in [-0.4, -0.2) is 37.2 Å². The summed E-state index contributed by atoms with van der Waals surface area (Å²) in [6.45, 7) is 6.63. The van der Waals surface area contributed by atoms with E-state index < -0.39 is 6.10 Å². The van der Waals surface area contributed by atoms with Crippen molar-refractivity contribution in [3.8, 4) is 0 Å². The molecule has 0 saturated carbocycles. The van der Waals surface area contributed by atoms with Crippen LogP contribution in [0.15, 0.2) is 60.8 Å². The third kappa shape index (κ3) is 63.8. The lowest BCUT2D eigenvalue weighted by Gasteiger charge is -2.18. The number of esters is 3. The van der Waals surface area contributed by atoms with Gasteiger partial charge in [0.25, 0.3) is 0 Å². The van der Waals surface area contributed by atoms with Gasteiger partial charge in [0, 0.05) is 19.3 Å². The quantitative estimate of drug-likeness (QED) is 0.0261. The van der Waals surface area contributed by atoms with Gasteiger partial charge in [-0.2, -0.15) is 0 Å². The first-order chi connectivity index (χ1) is 38.0. The Balaban J connectivity index is 4.15. The summed E-state index contributed by atoms with van der Waals surface area (Å²) in [5.74, 6) is -0.863. The van der Waals surface area contributed by atoms with Crippen LogP contribution in [0, 0.1) is 0 Å². The Morgan fingerprint density at radius 3 is 0.753 bits per heavy atom. The Morgan fingerprint density at radius 1 is 0.260 bits per heavy atom. The Kier molecular flexibility index (Phi) is 63.2. The maximum atomic E-state index is 12.9. The van der Waals surface area contributed by atoms with Crippen molar-refractivity contribution >= 4 is 17.9 Å². The molecule has 0 rings (SSSR count). The van der Waals surface area contributed by atoms with Crippen LogP contribution in [0.3, 0.4) is 0 Å². The number of carbonyl (C=O) groups excluding carboxylic acids is 3. The van der Waals surface area contributed by atoms with E-state index in [1.165, 1.54) is 231 Å². The van der Waals surface area contributed by atoms with E-state index in [0.29, 0.717) is 19.3 Å². The van der Waals surface area contributed by atoms with Gasteiger partial charge in [0.15, 0.2) is 6.10 Å². The minimum absolute atomic E-state index is 0.0730. The van der Waals surface area contributed by atoms with Crippen molar-refractivity contribution in [2.75, 3.05) is 13.2 Å². The Bertz CT molecular complexity index is 1380. The molecule has 6 nitrogen and oxygen atoms in total. The topological polar surface area (TPSA) is 78.9 Å². The van der Waals surface area contributed by atoms with Crippen LogP contribution in [0.5, 0.6) is 0 Å². The number of carbonyl (C=O) groups is 3. The van der Waals surface area contributed by atoms with Gasteiger partial charge in [-0.25, -0.2) is 0 Å². The first-order valence-electron chi connectivity index (χ1n) is 33.8. The summed E-state index contributed by atoms with van der Waals surface area (Å²) >= 11 is 0. The molecule has 1 atom stereocenters. The van der Waals surface area contributed by atoms with Gasteiger partial charge in [0.05, 0.1) is 0 Å². The summed E-state index contributed by atoms with van der Waals surface area (Å²) in [4.78, 5) is 38.3. The van der Waals surface area contributed by atoms with Crippen molar-refractivity contribution < 1.29 is 28.6 Å². The molecule has 77 heavy (non-hydrogen) atoms. The van der Waals surface area contributed by atoms with Crippen LogP contribution >= 0.6 is 0 Å². The van der Waals surface area contributed by atoms with Crippen LogP contribution in [0.25, 0.3) is 0 Å². The summed E-state index contributed by atoms with van der Waals surface area (Å²) in [6, 6.07) is 0. The summed E-state index contributed by atoms with van der Waals surface area (Å²) in [7, 11) is 0. The van der Waals surface area contributed by atoms with Crippen molar-refractivity contribution in [1.29, 1.82) is 0 Å². The van der Waals surface area contributed by atoms with Gasteiger partial charge in [-0.1, -0.05) is 306 Å². The van der Waals surface area contributed by atoms with E-state index in [2.05, 4.69) is 81.5 Å². The zero-order valence-electron chi connectivity index (χ0n) is 51.5. The van der Waals surface area contributed by atoms with Crippen molar-refractivity contribution in [2.24, 2.45) is 0 Å². The van der Waals surface area contributed by atoms with Crippen molar-refractivity contribution in [3.63, 3.8) is 0 Å². The SMILES string of the molecule is CCCCC/C=C\C/C=C\CCCCCCCCCC(=O)OC(COC(=O)CCCCCCCCCCCCC)COC(=O)CCCCCCCCCCCCCCCCCC/C=C\C/C=C\C/C=C\CCCCCCC. The molecule has 0 aromatic rings. The molecule has 6 heteroatoms. The Labute approximate surface area is 479 Å². The second-order valence-electron chi connectivity index (χ2n) is 22.7. The molecule has 0 aliphatic carbocycles. The number of ether oxygens (including phenoxy) is 3. The second kappa shape index (κ2) is 65.6. The van der Waals surface area contributed by atoms with Gasteiger partial charge in [-0.3, -0.25) is 14.4 Å². The molecular weight excluding hydrogens is 949 g/mol. The average Bonchev–Trinajstić information content (AvgIpc) is 3.43. The molecule has 0 fully saturated rings. The lowest BCUT2D eigenvalue weighted by molar-refractivity contribution is -0.167. The number of unbranched alkanes of at least 4 members (excludes halogenated alkanes) is 41. The minimum atomic E-state index is -0.776. The highest BCUT2D eigenvalue weighted by molar-refractivity contribution is 5.71. The minimum Gasteiger partial charge on any atom is -0.462 e. The fraction of sp³-hybridized carbons (Fsp3) is 0.817. The molecule has 0 amide bonds. The maximum absolute atomic E-state index is 12.9. The van der Waals surface area contributed by atoms with Crippen LogP contribution in [-0.2, 0) is 28.6 Å². The second-order valence-corrected chi connectivity index (χ2v) is 22.7. The molecule has 0 radical (unpaired) electrons. The fourth-order valence-electron chi connectivity index (χ4n) is 9.89. The largest absolute Gasteiger partial charge is 0.462 e. The van der Waals surface area contributed by atoms with E-state index in [4.69, 9.17) is 14.2 Å². The molecule has 0 saturated heterocycles. The Hall–Kier alpha value is -2.89. The predicted molar refractivity (Wildman–Crippen MR) is 335 cm³/mol. The van der Waals surface area contributed by atoms with Gasteiger partial charge in [0.2, 0.25) is 0 Å². The molecule has 448 valence electrons. The van der Waals surface area contributed by atoms with Crippen molar-refractivity contribution in [1.82, 2.24) is 0 Å². The highest BCUT2D eigenvalue weighted by atomic mass is 16.6. The molecule has 0 spiro atoms. The highest BCUT2D eigenvalue weighted by Gasteiger charge is 2.19. The van der Waals surface area contributed by atoms with E-state index in [1.807, 2.05) is 0 Å². The normalized spacial score (nSPS) is 12.4. The molecular formula is C71H128O6. The summed E-state index contributed by atoms with van der Waals surface area (Å²) in [5.41, 5.74) is 0. The highest BCUT2D eigenvalue weighted by Crippen LogP contribution is 2.17. The molecule has 0 N–H and O–H groups in total. The fourth-order valence-corrected chi connectivity index (χ4v) is 9.89. The number of rotatable bonds is 62. The Morgan fingerprint density at radius 2 is 0.468 bits per heavy atom. The molecule has 0 aliphatic rings. The molecule has 0 aliphatic heterocycles. The van der Waals surface area contributed by atoms with Crippen LogP contribution in [0.4, 0.5) is 0 Å². The third-order valence-corrected chi connectivity index (χ3v) is 15.0. The number of hydrogen-bond acceptors (Lipinski definition) is 6. The summed E-state index contributed by atoms with van der Waals surface area (Å²) in [5, 5.41) is 0. The molecule has 0 heterocycles. The van der Waals surface area contributed by atoms with E-state index in [0.717, 1.165) is 83.5 Å². The van der Waals surface area contributed by atoms with Gasteiger partial charge in [0.1, 0.15) is 13.2 Å². The van der Waals surface area contributed by atoms with Gasteiger partial charge in [-0.15, -0.1) is 0 Å². The first kappa shape index (κ1) is 74.1. The average molecular weight is 1080 g/mol. The van der Waals surface area contributed by atoms with Crippen LogP contribution < -0.4 is 0 Å². The van der Waals surface area contributed by atoms with Gasteiger partial charge in [-0.05, 0) is 89.9 Å². The smallest absolute Gasteiger partial charge is 0.306 e. The first-order valence-corrected chi connectivity index (χ1v) is 33.8. The van der Waals surface area contributed by atoms with Crippen LogP contribution in [0.1, 0.15) is 355 Å². The van der Waals surface area contributed by atoms with Gasteiger partial charge >= 0.3 is 17.9 Å².